The number of hydrogen-bond donors (Lipinski definition) is 0. The molecule has 23 heavy (non-hydrogen) atoms. The lowest BCUT2D eigenvalue weighted by Gasteiger charge is -2.40. The second-order valence-corrected chi connectivity index (χ2v) is 6.96. The van der Waals surface area contributed by atoms with Gasteiger partial charge in [0.25, 0.3) is 0 Å². The summed E-state index contributed by atoms with van der Waals surface area (Å²) in [4.78, 5) is 51.1. The molecule has 1 heterocycles. The van der Waals surface area contributed by atoms with Crippen molar-refractivity contribution in [2.75, 3.05) is 4.90 Å². The van der Waals surface area contributed by atoms with E-state index in [1.807, 2.05) is 19.9 Å². The molecule has 3 saturated carbocycles. The third-order valence-corrected chi connectivity index (χ3v) is 5.40. The number of hydrogen-bond acceptors (Lipinski definition) is 4. The van der Waals surface area contributed by atoms with E-state index in [-0.39, 0.29) is 36.2 Å². The number of imide groups is 1. The number of ketones is 2. The molecule has 4 atom stereocenters. The number of Topliss-reactive ketones (excluding diaryl/α,β-unsaturated/α-hetero) is 2. The maximum Gasteiger partial charge on any atom is 0.238 e. The van der Waals surface area contributed by atoms with Crippen LogP contribution in [-0.2, 0) is 19.2 Å². The minimum atomic E-state index is -0.646. The standard InChI is InChI=1S/C18H17NO4/c1-8-3-9(2)5-10(4-8)19-17(22)15-11-6-13(20)12(7-14(11)21)16(15)18(19)23/h3-5,11-12,15-16H,6-7H2,1-2H3/t11-,12+,15+,16-. The molecule has 5 nitrogen and oxygen atoms in total. The molecule has 118 valence electrons. The second kappa shape index (κ2) is 4.60. The highest BCUT2D eigenvalue weighted by atomic mass is 16.2. The number of rotatable bonds is 1. The monoisotopic (exact) mass is 311 g/mol. The second-order valence-electron chi connectivity index (χ2n) is 6.96. The van der Waals surface area contributed by atoms with Gasteiger partial charge in [0.05, 0.1) is 17.5 Å². The SMILES string of the molecule is Cc1cc(C)cc(N2C(=O)[C@@H]3[C@H](C2=O)[C@H]2CC(=O)[C@H]3CC2=O)c1. The van der Waals surface area contributed by atoms with Gasteiger partial charge in [-0.05, 0) is 37.1 Å². The number of benzene rings is 1. The summed E-state index contributed by atoms with van der Waals surface area (Å²) in [6.07, 6.45) is 0.231. The van der Waals surface area contributed by atoms with E-state index in [1.54, 1.807) is 12.1 Å². The van der Waals surface area contributed by atoms with Gasteiger partial charge in [0.15, 0.2) is 0 Å². The summed E-state index contributed by atoms with van der Waals surface area (Å²) in [6.45, 7) is 3.82. The van der Waals surface area contributed by atoms with Gasteiger partial charge in [-0.2, -0.15) is 0 Å². The first kappa shape index (κ1) is 14.3. The summed E-state index contributed by atoms with van der Waals surface area (Å²) < 4.78 is 0. The Hall–Kier alpha value is -2.30. The maximum atomic E-state index is 12.9. The molecule has 1 aromatic carbocycles. The lowest BCUT2D eigenvalue weighted by molar-refractivity contribution is -0.153. The van der Waals surface area contributed by atoms with Gasteiger partial charge in [-0.25, -0.2) is 4.90 Å². The Kier molecular flexibility index (Phi) is 2.86. The number of aryl methyl sites for hydroxylation is 2. The van der Waals surface area contributed by atoms with Crippen molar-refractivity contribution in [2.45, 2.75) is 26.7 Å². The van der Waals surface area contributed by atoms with E-state index in [2.05, 4.69) is 0 Å². The predicted molar refractivity (Wildman–Crippen MR) is 81.6 cm³/mol. The van der Waals surface area contributed by atoms with Gasteiger partial charge in [-0.3, -0.25) is 19.2 Å². The van der Waals surface area contributed by atoms with Crippen LogP contribution in [0.4, 0.5) is 5.69 Å². The van der Waals surface area contributed by atoms with Crippen molar-refractivity contribution in [2.24, 2.45) is 23.7 Å². The van der Waals surface area contributed by atoms with Gasteiger partial charge in [0, 0.05) is 24.7 Å². The van der Waals surface area contributed by atoms with Crippen molar-refractivity contribution in [1.82, 2.24) is 0 Å². The average Bonchev–Trinajstić information content (AvgIpc) is 2.72. The lowest BCUT2D eigenvalue weighted by atomic mass is 9.58. The van der Waals surface area contributed by atoms with Crippen LogP contribution in [0.5, 0.6) is 0 Å². The van der Waals surface area contributed by atoms with Crippen LogP contribution in [0.3, 0.4) is 0 Å². The normalized spacial score (nSPS) is 32.7. The van der Waals surface area contributed by atoms with E-state index < -0.39 is 23.7 Å². The molecule has 0 aromatic heterocycles. The predicted octanol–water partition coefficient (Wildman–Crippen LogP) is 1.59. The Morgan fingerprint density at radius 3 is 1.65 bits per heavy atom. The van der Waals surface area contributed by atoms with Crippen molar-refractivity contribution >= 4 is 29.1 Å². The van der Waals surface area contributed by atoms with Crippen LogP contribution in [0.1, 0.15) is 24.0 Å². The summed E-state index contributed by atoms with van der Waals surface area (Å²) in [5, 5.41) is 0. The maximum absolute atomic E-state index is 12.9. The topological polar surface area (TPSA) is 71.5 Å². The highest BCUT2D eigenvalue weighted by Crippen LogP contribution is 2.50. The molecule has 2 amide bonds. The van der Waals surface area contributed by atoms with Crippen LogP contribution in [-0.4, -0.2) is 23.4 Å². The number of fused-ring (bicyclic) bond motifs is 2. The molecule has 0 unspecified atom stereocenters. The van der Waals surface area contributed by atoms with E-state index >= 15 is 0 Å². The fourth-order valence-corrected chi connectivity index (χ4v) is 4.51. The summed E-state index contributed by atoms with van der Waals surface area (Å²) >= 11 is 0. The molecule has 5 rings (SSSR count). The quantitative estimate of drug-likeness (QED) is 0.738. The van der Waals surface area contributed by atoms with Gasteiger partial charge >= 0.3 is 0 Å². The van der Waals surface area contributed by atoms with Gasteiger partial charge in [0.2, 0.25) is 11.8 Å². The summed E-state index contributed by atoms with van der Waals surface area (Å²) in [5.41, 5.74) is 2.47. The minimum absolute atomic E-state index is 0.0423. The molecular weight excluding hydrogens is 294 g/mol. The van der Waals surface area contributed by atoms with E-state index in [9.17, 15) is 19.2 Å². The van der Waals surface area contributed by atoms with Crippen molar-refractivity contribution in [3.8, 4) is 0 Å². The number of carbonyl (C=O) groups is 4. The molecule has 2 bridgehead atoms. The Labute approximate surface area is 133 Å². The highest BCUT2D eigenvalue weighted by Gasteiger charge is 2.63. The van der Waals surface area contributed by atoms with Crippen LogP contribution in [0.2, 0.25) is 0 Å². The Morgan fingerprint density at radius 1 is 0.783 bits per heavy atom. The van der Waals surface area contributed by atoms with Gasteiger partial charge in [0.1, 0.15) is 11.6 Å². The molecular formula is C18H17NO4. The molecule has 1 saturated heterocycles. The zero-order valence-electron chi connectivity index (χ0n) is 13.0. The molecule has 5 heteroatoms. The Balaban J connectivity index is 1.80. The molecule has 1 aliphatic heterocycles. The molecule has 0 radical (unpaired) electrons. The van der Waals surface area contributed by atoms with Crippen LogP contribution >= 0.6 is 0 Å². The molecule has 0 N–H and O–H groups in total. The van der Waals surface area contributed by atoms with E-state index in [0.717, 1.165) is 11.1 Å². The molecule has 3 aliphatic carbocycles. The molecule has 0 spiro atoms. The smallest absolute Gasteiger partial charge is 0.238 e. The molecule has 1 aromatic rings. The van der Waals surface area contributed by atoms with Crippen molar-refractivity contribution < 1.29 is 19.2 Å². The summed E-state index contributed by atoms with van der Waals surface area (Å²) in [7, 11) is 0. The largest absolute Gasteiger partial charge is 0.299 e. The first-order valence-electron chi connectivity index (χ1n) is 7.90. The fourth-order valence-electron chi connectivity index (χ4n) is 4.51. The number of nitrogens with zero attached hydrogens (tertiary/aromatic N) is 1. The first-order valence-corrected chi connectivity index (χ1v) is 7.90. The minimum Gasteiger partial charge on any atom is -0.299 e. The van der Waals surface area contributed by atoms with Crippen LogP contribution in [0.25, 0.3) is 0 Å². The van der Waals surface area contributed by atoms with Gasteiger partial charge < -0.3 is 0 Å². The lowest BCUT2D eigenvalue weighted by Crippen LogP contribution is -2.51. The van der Waals surface area contributed by atoms with Crippen molar-refractivity contribution in [1.29, 1.82) is 0 Å². The zero-order chi connectivity index (χ0) is 16.5. The number of anilines is 1. The summed E-state index contributed by atoms with van der Waals surface area (Å²) in [5.74, 6) is -3.23. The van der Waals surface area contributed by atoms with Crippen LogP contribution < -0.4 is 4.90 Å². The number of carbonyl (C=O) groups excluding carboxylic acids is 4. The van der Waals surface area contributed by atoms with Crippen LogP contribution in [0, 0.1) is 37.5 Å². The third kappa shape index (κ3) is 1.85. The Bertz CT molecular complexity index is 721. The number of amides is 2. The fraction of sp³-hybridized carbons (Fsp3) is 0.444. The van der Waals surface area contributed by atoms with Crippen LogP contribution in [0.15, 0.2) is 18.2 Å². The zero-order valence-corrected chi connectivity index (χ0v) is 13.0. The highest BCUT2D eigenvalue weighted by molar-refractivity contribution is 6.25. The average molecular weight is 311 g/mol. The molecule has 4 aliphatic rings. The van der Waals surface area contributed by atoms with Gasteiger partial charge in [-0.1, -0.05) is 6.07 Å². The van der Waals surface area contributed by atoms with Gasteiger partial charge in [-0.15, -0.1) is 0 Å². The molecule has 4 fully saturated rings. The third-order valence-electron chi connectivity index (χ3n) is 5.40. The Morgan fingerprint density at radius 2 is 1.22 bits per heavy atom. The summed E-state index contributed by atoms with van der Waals surface area (Å²) in [6, 6.07) is 5.57. The van der Waals surface area contributed by atoms with Crippen molar-refractivity contribution in [3.63, 3.8) is 0 Å². The van der Waals surface area contributed by atoms with E-state index in [1.165, 1.54) is 4.90 Å². The first-order chi connectivity index (χ1) is 10.9. The van der Waals surface area contributed by atoms with Crippen molar-refractivity contribution in [3.05, 3.63) is 29.3 Å². The van der Waals surface area contributed by atoms with E-state index in [4.69, 9.17) is 0 Å². The van der Waals surface area contributed by atoms with E-state index in [0.29, 0.717) is 5.69 Å².